The molecule has 0 bridgehead atoms. The van der Waals surface area contributed by atoms with Crippen molar-refractivity contribution in [2.45, 2.75) is 26.5 Å². The normalized spacial score (nSPS) is 14.0. The predicted octanol–water partition coefficient (Wildman–Crippen LogP) is 1.30. The minimum Gasteiger partial charge on any atom is -0.491 e. The van der Waals surface area contributed by atoms with E-state index in [4.69, 9.17) is 14.2 Å². The molecule has 3 rings (SSSR count). The van der Waals surface area contributed by atoms with Gasteiger partial charge in [0.2, 0.25) is 6.79 Å². The Morgan fingerprint density at radius 1 is 1.33 bits per heavy atom. The lowest BCUT2D eigenvalue weighted by atomic mass is 10.2. The molecule has 2 aromatic rings. The molecular formula is C17H23N3O4. The van der Waals surface area contributed by atoms with E-state index >= 15 is 0 Å². The highest BCUT2D eigenvalue weighted by atomic mass is 16.7. The fourth-order valence-electron chi connectivity index (χ4n) is 2.66. The molecule has 1 aliphatic heterocycles. The first kappa shape index (κ1) is 16.6. The van der Waals surface area contributed by atoms with Gasteiger partial charge in [-0.05, 0) is 26.0 Å². The Morgan fingerprint density at radius 3 is 2.88 bits per heavy atom. The smallest absolute Gasteiger partial charge is 0.231 e. The van der Waals surface area contributed by atoms with Gasteiger partial charge in [-0.1, -0.05) is 0 Å². The van der Waals surface area contributed by atoms with Crippen LogP contribution in [-0.2, 0) is 13.6 Å². The fourth-order valence-corrected chi connectivity index (χ4v) is 2.66. The molecule has 0 saturated carbocycles. The van der Waals surface area contributed by atoms with Gasteiger partial charge in [-0.2, -0.15) is 5.10 Å². The lowest BCUT2D eigenvalue weighted by Gasteiger charge is -2.13. The van der Waals surface area contributed by atoms with Crippen molar-refractivity contribution in [1.29, 1.82) is 0 Å². The Labute approximate surface area is 141 Å². The van der Waals surface area contributed by atoms with Gasteiger partial charge in [-0.15, -0.1) is 0 Å². The minimum atomic E-state index is -0.604. The zero-order valence-corrected chi connectivity index (χ0v) is 14.2. The number of rotatable bonds is 7. The molecule has 0 saturated heterocycles. The molecule has 1 atom stereocenters. The summed E-state index contributed by atoms with van der Waals surface area (Å²) in [7, 11) is 1.93. The number of benzene rings is 1. The molecule has 1 unspecified atom stereocenters. The SMILES string of the molecule is Cc1nn(C)c(C)c1CNCC(O)COc1ccc2c(c1)OCO2. The van der Waals surface area contributed by atoms with Crippen LogP contribution < -0.4 is 19.5 Å². The maximum Gasteiger partial charge on any atom is 0.231 e. The second-order valence-corrected chi connectivity index (χ2v) is 5.88. The summed E-state index contributed by atoms with van der Waals surface area (Å²) in [5.41, 5.74) is 3.31. The third-order valence-electron chi connectivity index (χ3n) is 4.13. The van der Waals surface area contributed by atoms with Crippen molar-refractivity contribution < 1.29 is 19.3 Å². The van der Waals surface area contributed by atoms with Crippen LogP contribution in [0.1, 0.15) is 17.0 Å². The fraction of sp³-hybridized carbons (Fsp3) is 0.471. The number of aromatic nitrogens is 2. The monoisotopic (exact) mass is 333 g/mol. The quantitative estimate of drug-likeness (QED) is 0.795. The second-order valence-electron chi connectivity index (χ2n) is 5.88. The molecule has 7 nitrogen and oxygen atoms in total. The van der Waals surface area contributed by atoms with Crippen LogP contribution in [-0.4, -0.2) is 40.9 Å². The number of aliphatic hydroxyl groups excluding tert-OH is 1. The Hall–Kier alpha value is -2.25. The summed E-state index contributed by atoms with van der Waals surface area (Å²) in [6.45, 7) is 5.58. The van der Waals surface area contributed by atoms with Gasteiger partial charge in [0.05, 0.1) is 5.69 Å². The van der Waals surface area contributed by atoms with Gasteiger partial charge >= 0.3 is 0 Å². The molecule has 24 heavy (non-hydrogen) atoms. The molecule has 0 amide bonds. The van der Waals surface area contributed by atoms with Crippen LogP contribution in [0, 0.1) is 13.8 Å². The Bertz CT molecular complexity index is 714. The van der Waals surface area contributed by atoms with Crippen molar-refractivity contribution in [1.82, 2.24) is 15.1 Å². The Kier molecular flexibility index (Phi) is 4.92. The molecule has 1 aliphatic rings. The Balaban J connectivity index is 1.43. The van der Waals surface area contributed by atoms with E-state index in [-0.39, 0.29) is 13.4 Å². The first-order valence-electron chi connectivity index (χ1n) is 7.95. The van der Waals surface area contributed by atoms with Crippen molar-refractivity contribution in [3.05, 3.63) is 35.2 Å². The number of hydrogen-bond donors (Lipinski definition) is 2. The van der Waals surface area contributed by atoms with E-state index in [1.165, 1.54) is 5.56 Å². The summed E-state index contributed by atoms with van der Waals surface area (Å²) < 4.78 is 18.0. The standard InChI is InChI=1S/C17H23N3O4/c1-11-15(12(2)20(3)19-11)8-18-7-13(21)9-22-14-4-5-16-17(6-14)24-10-23-16/h4-6,13,18,21H,7-10H2,1-3H3. The number of fused-ring (bicyclic) bond motifs is 1. The van der Waals surface area contributed by atoms with E-state index in [9.17, 15) is 5.11 Å². The van der Waals surface area contributed by atoms with Gasteiger partial charge in [0.25, 0.3) is 0 Å². The topological polar surface area (TPSA) is 77.8 Å². The van der Waals surface area contributed by atoms with Crippen LogP contribution in [0.3, 0.4) is 0 Å². The summed E-state index contributed by atoms with van der Waals surface area (Å²) in [5, 5.41) is 17.7. The number of hydrogen-bond acceptors (Lipinski definition) is 6. The van der Waals surface area contributed by atoms with Crippen LogP contribution in [0.2, 0.25) is 0 Å². The van der Waals surface area contributed by atoms with Crippen LogP contribution in [0.15, 0.2) is 18.2 Å². The van der Waals surface area contributed by atoms with E-state index in [1.807, 2.05) is 25.6 Å². The molecule has 7 heteroatoms. The zero-order valence-electron chi connectivity index (χ0n) is 14.2. The molecule has 0 spiro atoms. The van der Waals surface area contributed by atoms with E-state index in [2.05, 4.69) is 10.4 Å². The van der Waals surface area contributed by atoms with Crippen molar-refractivity contribution >= 4 is 0 Å². The molecule has 1 aromatic heterocycles. The number of ether oxygens (including phenoxy) is 3. The lowest BCUT2D eigenvalue weighted by molar-refractivity contribution is 0.106. The highest BCUT2D eigenvalue weighted by Gasteiger charge is 2.15. The van der Waals surface area contributed by atoms with Crippen molar-refractivity contribution in [2.75, 3.05) is 19.9 Å². The van der Waals surface area contributed by atoms with E-state index in [1.54, 1.807) is 18.2 Å². The van der Waals surface area contributed by atoms with Gasteiger partial charge < -0.3 is 24.6 Å². The van der Waals surface area contributed by atoms with E-state index in [0.29, 0.717) is 30.3 Å². The largest absolute Gasteiger partial charge is 0.491 e. The average molecular weight is 333 g/mol. The summed E-state index contributed by atoms with van der Waals surface area (Å²) in [4.78, 5) is 0. The Morgan fingerprint density at radius 2 is 2.12 bits per heavy atom. The summed E-state index contributed by atoms with van der Waals surface area (Å²) in [6, 6.07) is 5.37. The second kappa shape index (κ2) is 7.11. The van der Waals surface area contributed by atoms with Gasteiger partial charge in [0.15, 0.2) is 11.5 Å². The van der Waals surface area contributed by atoms with Gasteiger partial charge in [-0.25, -0.2) is 0 Å². The zero-order chi connectivity index (χ0) is 17.1. The first-order valence-corrected chi connectivity index (χ1v) is 7.95. The van der Waals surface area contributed by atoms with Gasteiger partial charge in [0.1, 0.15) is 18.5 Å². The number of aliphatic hydroxyl groups is 1. The molecule has 0 aliphatic carbocycles. The third kappa shape index (κ3) is 3.63. The van der Waals surface area contributed by atoms with Crippen molar-refractivity contribution in [3.63, 3.8) is 0 Å². The molecule has 0 fully saturated rings. The highest BCUT2D eigenvalue weighted by molar-refractivity contribution is 5.46. The van der Waals surface area contributed by atoms with Gasteiger partial charge in [-0.3, -0.25) is 4.68 Å². The van der Waals surface area contributed by atoms with Crippen molar-refractivity contribution in [3.8, 4) is 17.2 Å². The molecule has 2 heterocycles. The van der Waals surface area contributed by atoms with E-state index in [0.717, 1.165) is 11.4 Å². The summed E-state index contributed by atoms with van der Waals surface area (Å²) in [5.74, 6) is 2.03. The molecule has 130 valence electrons. The number of aryl methyl sites for hydroxylation is 2. The van der Waals surface area contributed by atoms with Crippen molar-refractivity contribution in [2.24, 2.45) is 7.05 Å². The maximum absolute atomic E-state index is 10.1. The van der Waals surface area contributed by atoms with Crippen LogP contribution >= 0.6 is 0 Å². The molecule has 1 aromatic carbocycles. The number of nitrogens with zero attached hydrogens (tertiary/aromatic N) is 2. The lowest BCUT2D eigenvalue weighted by Crippen LogP contribution is -2.31. The molecule has 2 N–H and O–H groups in total. The van der Waals surface area contributed by atoms with Crippen LogP contribution in [0.4, 0.5) is 0 Å². The number of nitrogens with one attached hydrogen (secondary N) is 1. The average Bonchev–Trinajstić information content (AvgIpc) is 3.12. The van der Waals surface area contributed by atoms with Crippen LogP contribution in [0.5, 0.6) is 17.2 Å². The third-order valence-corrected chi connectivity index (χ3v) is 4.13. The van der Waals surface area contributed by atoms with Gasteiger partial charge in [0, 0.05) is 37.5 Å². The first-order chi connectivity index (χ1) is 11.5. The molecular weight excluding hydrogens is 310 g/mol. The maximum atomic E-state index is 10.1. The summed E-state index contributed by atoms with van der Waals surface area (Å²) in [6.07, 6.45) is -0.604. The predicted molar refractivity (Wildman–Crippen MR) is 88.5 cm³/mol. The minimum absolute atomic E-state index is 0.206. The summed E-state index contributed by atoms with van der Waals surface area (Å²) >= 11 is 0. The highest BCUT2D eigenvalue weighted by Crippen LogP contribution is 2.35. The van der Waals surface area contributed by atoms with Crippen LogP contribution in [0.25, 0.3) is 0 Å². The van der Waals surface area contributed by atoms with E-state index < -0.39 is 6.10 Å². The molecule has 0 radical (unpaired) electrons.